The van der Waals surface area contributed by atoms with E-state index in [1.54, 1.807) is 36.1 Å². The van der Waals surface area contributed by atoms with E-state index in [-0.39, 0.29) is 5.91 Å². The van der Waals surface area contributed by atoms with Crippen LogP contribution in [0.1, 0.15) is 36.5 Å². The van der Waals surface area contributed by atoms with E-state index in [2.05, 4.69) is 5.10 Å². The lowest BCUT2D eigenvalue weighted by Gasteiger charge is -2.38. The Bertz CT molecular complexity index is 981. The van der Waals surface area contributed by atoms with Crippen molar-refractivity contribution in [2.75, 3.05) is 13.1 Å². The van der Waals surface area contributed by atoms with Crippen molar-refractivity contribution in [1.29, 1.82) is 0 Å². The highest BCUT2D eigenvalue weighted by atomic mass is 35.5. The number of hydrazone groups is 1. The Morgan fingerprint density at radius 3 is 2.59 bits per heavy atom. The zero-order chi connectivity index (χ0) is 23.1. The Hall–Kier alpha value is -2.87. The van der Waals surface area contributed by atoms with Gasteiger partial charge in [0.2, 0.25) is 5.91 Å². The molecule has 3 rings (SSSR count). The van der Waals surface area contributed by atoms with Gasteiger partial charge in [0.1, 0.15) is 5.84 Å². The molecule has 1 amide bonds. The molecule has 0 unspecified atom stereocenters. The molecule has 0 saturated carbocycles. The molecule has 0 aromatic heterocycles. The molecule has 0 bridgehead atoms. The number of hydrogen-bond donors (Lipinski definition) is 3. The van der Waals surface area contributed by atoms with Crippen LogP contribution in [0.4, 0.5) is 0 Å². The molecule has 5 N–H and O–H groups in total. The van der Waals surface area contributed by atoms with Gasteiger partial charge in [-0.2, -0.15) is 0 Å². The number of carbonyl (C=O) groups is 1. The number of hydrogen-bond acceptors (Lipinski definition) is 5. The summed E-state index contributed by atoms with van der Waals surface area (Å²) in [4.78, 5) is 14.5. The van der Waals surface area contributed by atoms with Gasteiger partial charge in [-0.25, -0.2) is 11.0 Å². The van der Waals surface area contributed by atoms with Crippen LogP contribution in [-0.4, -0.2) is 45.6 Å². The number of benzene rings is 2. The van der Waals surface area contributed by atoms with Gasteiger partial charge in [0.05, 0.1) is 12.1 Å². The number of nitrogens with two attached hydrogens (primary N) is 2. The van der Waals surface area contributed by atoms with E-state index in [1.807, 2.05) is 36.4 Å². The topological polar surface area (TPSA) is 108 Å². The summed E-state index contributed by atoms with van der Waals surface area (Å²) in [5.41, 5.74) is 7.55. The molecule has 0 spiro atoms. The summed E-state index contributed by atoms with van der Waals surface area (Å²) in [6.07, 6.45) is 5.00. The largest absolute Gasteiger partial charge is 0.389 e. The number of piperidine rings is 1. The van der Waals surface area contributed by atoms with Gasteiger partial charge in [-0.1, -0.05) is 48.0 Å². The van der Waals surface area contributed by atoms with E-state index in [4.69, 9.17) is 23.2 Å². The lowest BCUT2D eigenvalue weighted by molar-refractivity contribution is -0.130. The van der Waals surface area contributed by atoms with Crippen LogP contribution >= 0.6 is 11.6 Å². The zero-order valence-electron chi connectivity index (χ0n) is 18.2. The molecule has 170 valence electrons. The minimum atomic E-state index is -0.780. The van der Waals surface area contributed by atoms with Crippen LogP contribution in [0.15, 0.2) is 59.7 Å². The van der Waals surface area contributed by atoms with Crippen molar-refractivity contribution in [3.05, 3.63) is 76.3 Å². The summed E-state index contributed by atoms with van der Waals surface area (Å²) >= 11 is 6.13. The molecule has 0 radical (unpaired) electrons. The number of halogens is 1. The second-order valence-electron chi connectivity index (χ2n) is 8.23. The SMILES string of the molecule is C/C(N)=N/N(N)Cc1cc(Cl)ccc1/C=C/C(=O)N1CCC(O)(Cc2ccccc2)CC1. The monoisotopic (exact) mass is 455 g/mol. The number of amides is 1. The fourth-order valence-electron chi connectivity index (χ4n) is 3.85. The number of nitrogens with zero attached hydrogens (tertiary/aromatic N) is 3. The molecule has 1 saturated heterocycles. The van der Waals surface area contributed by atoms with Gasteiger partial charge < -0.3 is 15.7 Å². The van der Waals surface area contributed by atoms with Gasteiger partial charge in [0.25, 0.3) is 0 Å². The quantitative estimate of drug-likeness (QED) is 0.195. The van der Waals surface area contributed by atoms with Crippen molar-refractivity contribution in [3.8, 4) is 0 Å². The van der Waals surface area contributed by atoms with E-state index in [0.717, 1.165) is 16.7 Å². The van der Waals surface area contributed by atoms with Crippen molar-refractivity contribution in [2.45, 2.75) is 38.3 Å². The van der Waals surface area contributed by atoms with E-state index in [9.17, 15) is 9.90 Å². The number of carbonyl (C=O) groups excluding carboxylic acids is 1. The zero-order valence-corrected chi connectivity index (χ0v) is 19.0. The summed E-state index contributed by atoms with van der Waals surface area (Å²) in [6, 6.07) is 15.3. The fraction of sp³-hybridized carbons (Fsp3) is 0.333. The number of aliphatic hydroxyl groups is 1. The van der Waals surface area contributed by atoms with Gasteiger partial charge in [0.15, 0.2) is 0 Å². The number of likely N-dealkylation sites (tertiary alicyclic amines) is 1. The maximum Gasteiger partial charge on any atom is 0.246 e. The molecular weight excluding hydrogens is 426 g/mol. The number of amidine groups is 1. The fourth-order valence-corrected chi connectivity index (χ4v) is 4.04. The summed E-state index contributed by atoms with van der Waals surface area (Å²) in [5.74, 6) is 6.14. The molecule has 1 aliphatic rings. The first-order valence-corrected chi connectivity index (χ1v) is 11.0. The first-order chi connectivity index (χ1) is 15.2. The molecule has 2 aromatic rings. The maximum absolute atomic E-state index is 12.7. The Morgan fingerprint density at radius 1 is 1.25 bits per heavy atom. The lowest BCUT2D eigenvalue weighted by Crippen LogP contribution is -2.47. The Kier molecular flexibility index (Phi) is 7.90. The molecule has 1 heterocycles. The maximum atomic E-state index is 12.7. The summed E-state index contributed by atoms with van der Waals surface area (Å²) in [6.45, 7) is 2.97. The molecule has 1 fully saturated rings. The summed E-state index contributed by atoms with van der Waals surface area (Å²) in [5, 5.41) is 16.7. The molecule has 7 nitrogen and oxygen atoms in total. The van der Waals surface area contributed by atoms with Crippen molar-refractivity contribution in [1.82, 2.24) is 10.0 Å². The average Bonchev–Trinajstić information content (AvgIpc) is 2.73. The van der Waals surface area contributed by atoms with Gasteiger partial charge in [0, 0.05) is 30.6 Å². The molecular formula is C24H30ClN5O2. The third-order valence-electron chi connectivity index (χ3n) is 5.51. The van der Waals surface area contributed by atoms with Gasteiger partial charge in [-0.3, -0.25) is 4.79 Å². The summed E-state index contributed by atoms with van der Waals surface area (Å²) in [7, 11) is 0. The predicted molar refractivity (Wildman–Crippen MR) is 128 cm³/mol. The van der Waals surface area contributed by atoms with E-state index < -0.39 is 5.60 Å². The highest BCUT2D eigenvalue weighted by Gasteiger charge is 2.33. The van der Waals surface area contributed by atoms with Gasteiger partial charge in [-0.15, -0.1) is 5.10 Å². The minimum absolute atomic E-state index is 0.0897. The van der Waals surface area contributed by atoms with Gasteiger partial charge >= 0.3 is 0 Å². The van der Waals surface area contributed by atoms with Crippen LogP contribution in [0.3, 0.4) is 0 Å². The van der Waals surface area contributed by atoms with E-state index in [0.29, 0.717) is 49.8 Å². The lowest BCUT2D eigenvalue weighted by atomic mass is 9.85. The van der Waals surface area contributed by atoms with Crippen LogP contribution in [0.5, 0.6) is 0 Å². The number of hydrazine groups is 1. The summed E-state index contributed by atoms with van der Waals surface area (Å²) < 4.78 is 0. The van der Waals surface area contributed by atoms with Crippen LogP contribution in [-0.2, 0) is 17.8 Å². The average molecular weight is 456 g/mol. The van der Waals surface area contributed by atoms with Crippen molar-refractivity contribution in [2.24, 2.45) is 16.7 Å². The Balaban J connectivity index is 1.62. The third kappa shape index (κ3) is 6.82. The number of rotatable bonds is 7. The molecule has 0 atom stereocenters. The first kappa shape index (κ1) is 23.8. The second kappa shape index (κ2) is 10.6. The third-order valence-corrected chi connectivity index (χ3v) is 5.75. The van der Waals surface area contributed by atoms with Crippen LogP contribution in [0.2, 0.25) is 5.02 Å². The van der Waals surface area contributed by atoms with Crippen molar-refractivity contribution >= 4 is 29.4 Å². The van der Waals surface area contributed by atoms with Gasteiger partial charge in [-0.05, 0) is 54.7 Å². The first-order valence-electron chi connectivity index (χ1n) is 10.6. The van der Waals surface area contributed by atoms with E-state index >= 15 is 0 Å². The molecule has 0 aliphatic carbocycles. The van der Waals surface area contributed by atoms with Crippen LogP contribution in [0, 0.1) is 0 Å². The Labute approximate surface area is 193 Å². The standard InChI is InChI=1S/C24H30ClN5O2/c1-18(26)28-30(27)17-21-15-22(25)9-7-20(21)8-10-23(31)29-13-11-24(32,12-14-29)16-19-5-3-2-4-6-19/h2-10,15,32H,11-14,16-17,27H2,1H3,(H2,26,28)/b10-8+. The minimum Gasteiger partial charge on any atom is -0.389 e. The van der Waals surface area contributed by atoms with Crippen LogP contribution < -0.4 is 11.6 Å². The van der Waals surface area contributed by atoms with Crippen molar-refractivity contribution < 1.29 is 9.90 Å². The van der Waals surface area contributed by atoms with E-state index in [1.165, 1.54) is 5.12 Å². The van der Waals surface area contributed by atoms with Crippen LogP contribution in [0.25, 0.3) is 6.08 Å². The molecule has 1 aliphatic heterocycles. The smallest absolute Gasteiger partial charge is 0.246 e. The predicted octanol–water partition coefficient (Wildman–Crippen LogP) is 2.92. The highest BCUT2D eigenvalue weighted by molar-refractivity contribution is 6.30. The second-order valence-corrected chi connectivity index (χ2v) is 8.66. The molecule has 32 heavy (non-hydrogen) atoms. The molecule has 2 aromatic carbocycles. The normalized spacial score (nSPS) is 16.4. The Morgan fingerprint density at radius 2 is 1.94 bits per heavy atom. The highest BCUT2D eigenvalue weighted by Crippen LogP contribution is 2.27. The molecule has 8 heteroatoms. The van der Waals surface area contributed by atoms with Crippen molar-refractivity contribution in [3.63, 3.8) is 0 Å².